The first-order chi connectivity index (χ1) is 7.54. The highest BCUT2D eigenvalue weighted by Gasteiger charge is 2.24. The third-order valence-electron chi connectivity index (χ3n) is 1.95. The van der Waals surface area contributed by atoms with E-state index < -0.39 is 32.5 Å². The second-order valence-electron chi connectivity index (χ2n) is 2.89. The number of hydrogen-bond donors (Lipinski definition) is 0. The first kappa shape index (κ1) is 11.4. The molecule has 0 N–H and O–H groups in total. The van der Waals surface area contributed by atoms with Crippen LogP contribution in [0.3, 0.4) is 0 Å². The van der Waals surface area contributed by atoms with Crippen LogP contribution in [0.1, 0.15) is 0 Å². The van der Waals surface area contributed by atoms with Gasteiger partial charge in [-0.2, -0.15) is 0 Å². The van der Waals surface area contributed by atoms with Gasteiger partial charge in [0.15, 0.2) is 23.3 Å². The molecule has 0 saturated heterocycles. The van der Waals surface area contributed by atoms with E-state index in [-0.39, 0.29) is 0 Å². The zero-order valence-corrected chi connectivity index (χ0v) is 9.67. The van der Waals surface area contributed by atoms with E-state index in [0.29, 0.717) is 0 Å². The van der Waals surface area contributed by atoms with Crippen LogP contribution in [0.4, 0.5) is 17.6 Å². The molecule has 7 heteroatoms. The lowest BCUT2D eigenvalue weighted by molar-refractivity contribution is 0.440. The second kappa shape index (κ2) is 4.04. The average molecular weight is 342 g/mol. The number of aromatic nitrogens is 2. The molecule has 0 atom stereocenters. The summed E-state index contributed by atoms with van der Waals surface area (Å²) in [6.45, 7) is 0. The molecule has 0 aliphatic rings. The molecule has 2 aromatic rings. The minimum atomic E-state index is -1.44. The third kappa shape index (κ3) is 1.58. The number of nitrogens with zero attached hydrogens (tertiary/aromatic N) is 2. The molecule has 2 rings (SSSR count). The summed E-state index contributed by atoms with van der Waals surface area (Å²) < 4.78 is 53.4. The van der Waals surface area contributed by atoms with E-state index >= 15 is 0 Å². The topological polar surface area (TPSA) is 17.8 Å². The average Bonchev–Trinajstić information content (AvgIpc) is 2.77. The molecular weight excluding hydrogens is 339 g/mol. The van der Waals surface area contributed by atoms with Crippen molar-refractivity contribution in [3.05, 3.63) is 45.6 Å². The summed E-state index contributed by atoms with van der Waals surface area (Å²) in [5, 5.41) is 0. The molecule has 0 saturated carbocycles. The quantitative estimate of drug-likeness (QED) is 0.337. The Morgan fingerprint density at radius 3 is 2.00 bits per heavy atom. The highest BCUT2D eigenvalue weighted by molar-refractivity contribution is 14.1. The van der Waals surface area contributed by atoms with Gasteiger partial charge in [0.1, 0.15) is 5.69 Å². The van der Waals surface area contributed by atoms with Gasteiger partial charge in [0, 0.05) is 12.4 Å². The normalized spacial score (nSPS) is 10.8. The van der Waals surface area contributed by atoms with Gasteiger partial charge >= 0.3 is 0 Å². The number of rotatable bonds is 1. The van der Waals surface area contributed by atoms with E-state index in [1.807, 2.05) is 0 Å². The summed E-state index contributed by atoms with van der Waals surface area (Å²) in [5.41, 5.74) is -0.812. The maximum atomic E-state index is 13.4. The molecule has 0 amide bonds. The fourth-order valence-corrected chi connectivity index (χ4v) is 1.68. The van der Waals surface area contributed by atoms with E-state index in [0.717, 1.165) is 10.9 Å². The molecule has 0 spiro atoms. The van der Waals surface area contributed by atoms with Crippen LogP contribution in [-0.4, -0.2) is 9.55 Å². The van der Waals surface area contributed by atoms with Crippen molar-refractivity contribution in [2.45, 2.75) is 0 Å². The molecule has 0 unspecified atom stereocenters. The minimum absolute atomic E-state index is 0.712. The summed E-state index contributed by atoms with van der Waals surface area (Å²) >= 11 is 1.20. The Kier molecular flexibility index (Phi) is 2.87. The Morgan fingerprint density at radius 1 is 1.00 bits per heavy atom. The summed E-state index contributed by atoms with van der Waals surface area (Å²) in [7, 11) is 0. The Hall–Kier alpha value is -1.12. The van der Waals surface area contributed by atoms with Crippen LogP contribution < -0.4 is 0 Å². The summed E-state index contributed by atoms with van der Waals surface area (Å²) in [4.78, 5) is 3.55. The number of imidazole rings is 1. The minimum Gasteiger partial charge on any atom is -0.301 e. The third-order valence-corrected chi connectivity index (χ3v) is 2.90. The summed E-state index contributed by atoms with van der Waals surface area (Å²) in [5.74, 6) is -5.71. The van der Waals surface area contributed by atoms with Crippen molar-refractivity contribution < 1.29 is 17.6 Å². The van der Waals surface area contributed by atoms with Crippen LogP contribution in [0.2, 0.25) is 0 Å². The van der Waals surface area contributed by atoms with Crippen molar-refractivity contribution in [1.82, 2.24) is 9.55 Å². The Bertz CT molecular complexity index is 510. The van der Waals surface area contributed by atoms with E-state index in [4.69, 9.17) is 0 Å². The molecule has 0 radical (unpaired) electrons. The fourth-order valence-electron chi connectivity index (χ4n) is 1.21. The van der Waals surface area contributed by atoms with Gasteiger partial charge in [0.25, 0.3) is 0 Å². The number of hydrogen-bond acceptors (Lipinski definition) is 1. The Balaban J connectivity index is 2.81. The number of benzene rings is 1. The highest BCUT2D eigenvalue weighted by atomic mass is 127. The zero-order valence-electron chi connectivity index (χ0n) is 7.52. The first-order valence-corrected chi connectivity index (χ1v) is 5.11. The van der Waals surface area contributed by atoms with Gasteiger partial charge in [0.2, 0.25) is 0 Å². The molecule has 2 nitrogen and oxygen atoms in total. The SMILES string of the molecule is Fc1c(F)c(-n2ccnc2)c(F)c(F)c1I. The van der Waals surface area contributed by atoms with Gasteiger partial charge in [-0.05, 0) is 22.6 Å². The highest BCUT2D eigenvalue weighted by Crippen LogP contribution is 2.27. The first-order valence-electron chi connectivity index (χ1n) is 4.03. The Morgan fingerprint density at radius 2 is 1.56 bits per heavy atom. The smallest absolute Gasteiger partial charge is 0.187 e. The molecule has 0 bridgehead atoms. The van der Waals surface area contributed by atoms with Crippen molar-refractivity contribution in [1.29, 1.82) is 0 Å². The zero-order chi connectivity index (χ0) is 11.9. The molecule has 1 aromatic heterocycles. The summed E-state index contributed by atoms with van der Waals surface area (Å²) in [6, 6.07) is 0. The van der Waals surface area contributed by atoms with Crippen molar-refractivity contribution in [2.75, 3.05) is 0 Å². The van der Waals surface area contributed by atoms with E-state index in [9.17, 15) is 17.6 Å². The molecular formula is C9H3F4IN2. The van der Waals surface area contributed by atoms with Crippen molar-refractivity contribution in [3.8, 4) is 5.69 Å². The van der Waals surface area contributed by atoms with Crippen LogP contribution in [0.25, 0.3) is 5.69 Å². The summed E-state index contributed by atoms with van der Waals surface area (Å²) in [6.07, 6.45) is 3.48. The van der Waals surface area contributed by atoms with Crippen LogP contribution in [0, 0.1) is 26.8 Å². The van der Waals surface area contributed by atoms with Crippen LogP contribution in [0.5, 0.6) is 0 Å². The molecule has 1 heterocycles. The van der Waals surface area contributed by atoms with Gasteiger partial charge in [-0.25, -0.2) is 22.5 Å². The monoisotopic (exact) mass is 342 g/mol. The molecule has 0 aliphatic heterocycles. The van der Waals surface area contributed by atoms with Crippen molar-refractivity contribution >= 4 is 22.6 Å². The van der Waals surface area contributed by atoms with Gasteiger partial charge < -0.3 is 4.57 Å². The standard InChI is InChI=1S/C9H3F4IN2/c10-4-6(12)9(16-2-1-15-3-16)7(13)5(11)8(4)14/h1-3H. The van der Waals surface area contributed by atoms with E-state index in [1.165, 1.54) is 35.0 Å². The van der Waals surface area contributed by atoms with Crippen LogP contribution in [-0.2, 0) is 0 Å². The molecule has 84 valence electrons. The molecule has 0 aliphatic carbocycles. The second-order valence-corrected chi connectivity index (χ2v) is 3.97. The maximum Gasteiger partial charge on any atom is 0.187 e. The van der Waals surface area contributed by atoms with Crippen LogP contribution >= 0.6 is 22.6 Å². The van der Waals surface area contributed by atoms with E-state index in [2.05, 4.69) is 4.98 Å². The van der Waals surface area contributed by atoms with Gasteiger partial charge in [-0.15, -0.1) is 0 Å². The van der Waals surface area contributed by atoms with E-state index in [1.54, 1.807) is 0 Å². The fraction of sp³-hybridized carbons (Fsp3) is 0. The van der Waals surface area contributed by atoms with Crippen LogP contribution in [0.15, 0.2) is 18.7 Å². The molecule has 0 fully saturated rings. The molecule has 1 aromatic carbocycles. The van der Waals surface area contributed by atoms with Gasteiger partial charge in [0.05, 0.1) is 9.90 Å². The van der Waals surface area contributed by atoms with Crippen molar-refractivity contribution in [3.63, 3.8) is 0 Å². The predicted molar refractivity (Wildman–Crippen MR) is 56.1 cm³/mol. The van der Waals surface area contributed by atoms with Crippen molar-refractivity contribution in [2.24, 2.45) is 0 Å². The lowest BCUT2D eigenvalue weighted by atomic mass is 10.2. The lowest BCUT2D eigenvalue weighted by Crippen LogP contribution is -2.07. The maximum absolute atomic E-state index is 13.4. The predicted octanol–water partition coefficient (Wildman–Crippen LogP) is 3.03. The number of halogens is 5. The Labute approximate surface area is 101 Å². The lowest BCUT2D eigenvalue weighted by Gasteiger charge is -2.08. The molecule has 16 heavy (non-hydrogen) atoms. The van der Waals surface area contributed by atoms with Gasteiger partial charge in [-0.3, -0.25) is 0 Å². The van der Waals surface area contributed by atoms with Gasteiger partial charge in [-0.1, -0.05) is 0 Å². The largest absolute Gasteiger partial charge is 0.301 e.